The molecule has 1 aromatic carbocycles. The average Bonchev–Trinajstić information content (AvgIpc) is 2.37. The van der Waals surface area contributed by atoms with Crippen LogP contribution in [0.5, 0.6) is 5.75 Å². The number of carbonyl (C=O) groups is 1. The second-order valence-corrected chi connectivity index (χ2v) is 6.28. The molecule has 0 saturated carbocycles. The minimum absolute atomic E-state index is 0.00372. The average molecular weight is 345 g/mol. The smallest absolute Gasteiger partial charge is 0.308 e. The van der Waals surface area contributed by atoms with Crippen LogP contribution in [0.4, 0.5) is 0 Å². The SMILES string of the molecule is COC(=O)C[C@H](O)CC(C)(C)c1cc(Br)ccc1OC. The van der Waals surface area contributed by atoms with E-state index >= 15 is 0 Å². The van der Waals surface area contributed by atoms with Crippen LogP contribution in [0.1, 0.15) is 32.3 Å². The van der Waals surface area contributed by atoms with E-state index in [1.807, 2.05) is 32.0 Å². The van der Waals surface area contributed by atoms with Crippen LogP contribution in [0.25, 0.3) is 0 Å². The number of hydrogen-bond donors (Lipinski definition) is 1. The Morgan fingerprint density at radius 1 is 1.40 bits per heavy atom. The zero-order chi connectivity index (χ0) is 15.3. The lowest BCUT2D eigenvalue weighted by molar-refractivity contribution is -0.143. The third-order valence-electron chi connectivity index (χ3n) is 3.27. The van der Waals surface area contributed by atoms with Crippen molar-refractivity contribution in [1.82, 2.24) is 0 Å². The Hall–Kier alpha value is -1.07. The van der Waals surface area contributed by atoms with E-state index in [9.17, 15) is 9.90 Å². The maximum absolute atomic E-state index is 11.2. The van der Waals surface area contributed by atoms with Gasteiger partial charge < -0.3 is 14.6 Å². The number of hydrogen-bond acceptors (Lipinski definition) is 4. The molecule has 0 radical (unpaired) electrons. The molecule has 1 N–H and O–H groups in total. The van der Waals surface area contributed by atoms with Gasteiger partial charge in [-0.05, 0) is 30.0 Å². The first-order valence-corrected chi connectivity index (χ1v) is 7.18. The van der Waals surface area contributed by atoms with Crippen LogP contribution in [-0.4, -0.2) is 31.4 Å². The van der Waals surface area contributed by atoms with Crippen LogP contribution in [-0.2, 0) is 14.9 Å². The van der Waals surface area contributed by atoms with Crippen LogP contribution in [0, 0.1) is 0 Å². The van der Waals surface area contributed by atoms with E-state index in [-0.39, 0.29) is 11.8 Å². The number of halogens is 1. The number of methoxy groups -OCH3 is 2. The van der Waals surface area contributed by atoms with Gasteiger partial charge in [-0.15, -0.1) is 0 Å². The van der Waals surface area contributed by atoms with Gasteiger partial charge in [0.05, 0.1) is 26.7 Å². The Morgan fingerprint density at radius 2 is 2.05 bits per heavy atom. The molecule has 0 bridgehead atoms. The van der Waals surface area contributed by atoms with Crippen LogP contribution in [0.2, 0.25) is 0 Å². The standard InChI is InChI=1S/C15H21BrO4/c1-15(2,9-11(17)8-14(18)20-4)12-7-10(16)5-6-13(12)19-3/h5-7,11,17H,8-9H2,1-4H3/t11-/m0/s1. The quantitative estimate of drug-likeness (QED) is 0.805. The molecule has 0 fully saturated rings. The Bertz CT molecular complexity index is 471. The largest absolute Gasteiger partial charge is 0.496 e. The van der Waals surface area contributed by atoms with Crippen LogP contribution in [0.3, 0.4) is 0 Å². The Kier molecular flexibility index (Phi) is 6.02. The van der Waals surface area contributed by atoms with Gasteiger partial charge in [0.15, 0.2) is 0 Å². The van der Waals surface area contributed by atoms with Crippen LogP contribution >= 0.6 is 15.9 Å². The summed E-state index contributed by atoms with van der Waals surface area (Å²) in [5.41, 5.74) is 0.654. The molecule has 0 aliphatic heterocycles. The van der Waals surface area contributed by atoms with Gasteiger partial charge in [-0.2, -0.15) is 0 Å². The predicted octanol–water partition coefficient (Wildman–Crippen LogP) is 3.05. The summed E-state index contributed by atoms with van der Waals surface area (Å²) in [6.07, 6.45) is -0.313. The molecule has 112 valence electrons. The first kappa shape index (κ1) is 17.0. The van der Waals surface area contributed by atoms with Gasteiger partial charge >= 0.3 is 5.97 Å². The lowest BCUT2D eigenvalue weighted by atomic mass is 9.78. The van der Waals surface area contributed by atoms with E-state index in [4.69, 9.17) is 4.74 Å². The molecule has 0 aromatic heterocycles. The minimum atomic E-state index is -0.749. The predicted molar refractivity (Wildman–Crippen MR) is 81.0 cm³/mol. The Balaban J connectivity index is 2.92. The lowest BCUT2D eigenvalue weighted by Gasteiger charge is -2.29. The van der Waals surface area contributed by atoms with Gasteiger partial charge in [0.2, 0.25) is 0 Å². The van der Waals surface area contributed by atoms with Gasteiger partial charge in [-0.3, -0.25) is 4.79 Å². The molecule has 0 aliphatic carbocycles. The van der Waals surface area contributed by atoms with Gasteiger partial charge in [-0.25, -0.2) is 0 Å². The number of rotatable bonds is 6. The molecule has 0 amide bonds. The van der Waals surface area contributed by atoms with Crippen molar-refractivity contribution in [3.8, 4) is 5.75 Å². The molecule has 1 rings (SSSR count). The van der Waals surface area contributed by atoms with Gasteiger partial charge in [0, 0.05) is 10.0 Å². The van der Waals surface area contributed by atoms with E-state index in [1.54, 1.807) is 7.11 Å². The maximum atomic E-state index is 11.2. The molecule has 0 heterocycles. The molecule has 5 heteroatoms. The summed E-state index contributed by atoms with van der Waals surface area (Å²) >= 11 is 3.44. The van der Waals surface area contributed by atoms with Crippen molar-refractivity contribution < 1.29 is 19.4 Å². The van der Waals surface area contributed by atoms with E-state index in [2.05, 4.69) is 20.7 Å². The number of ether oxygens (including phenoxy) is 2. The highest BCUT2D eigenvalue weighted by Gasteiger charge is 2.28. The molecule has 0 spiro atoms. The minimum Gasteiger partial charge on any atom is -0.496 e. The van der Waals surface area contributed by atoms with Crippen molar-refractivity contribution in [2.24, 2.45) is 0 Å². The number of carbonyl (C=O) groups excluding carboxylic acids is 1. The first-order chi connectivity index (χ1) is 9.30. The number of benzene rings is 1. The van der Waals surface area contributed by atoms with E-state index in [1.165, 1.54) is 7.11 Å². The van der Waals surface area contributed by atoms with Crippen LogP contribution in [0.15, 0.2) is 22.7 Å². The summed E-state index contributed by atoms with van der Waals surface area (Å²) < 4.78 is 10.9. The topological polar surface area (TPSA) is 55.8 Å². The molecule has 0 aliphatic rings. The molecule has 1 aromatic rings. The van der Waals surface area contributed by atoms with Crippen molar-refractivity contribution in [3.63, 3.8) is 0 Å². The molecular weight excluding hydrogens is 324 g/mol. The monoisotopic (exact) mass is 344 g/mol. The summed E-state index contributed by atoms with van der Waals surface area (Å²) in [7, 11) is 2.94. The summed E-state index contributed by atoms with van der Waals surface area (Å²) in [6, 6.07) is 5.76. The zero-order valence-corrected chi connectivity index (χ0v) is 13.9. The molecule has 4 nitrogen and oxygen atoms in total. The van der Waals surface area contributed by atoms with E-state index < -0.39 is 12.1 Å². The number of aliphatic hydroxyl groups excluding tert-OH is 1. The molecule has 0 saturated heterocycles. The summed E-state index contributed by atoms with van der Waals surface area (Å²) in [4.78, 5) is 11.2. The number of aliphatic hydroxyl groups is 1. The zero-order valence-electron chi connectivity index (χ0n) is 12.3. The number of esters is 1. The second-order valence-electron chi connectivity index (χ2n) is 5.37. The van der Waals surface area contributed by atoms with E-state index in [0.29, 0.717) is 6.42 Å². The highest BCUT2D eigenvalue weighted by Crippen LogP contribution is 2.37. The summed E-state index contributed by atoms with van der Waals surface area (Å²) in [5, 5.41) is 10.0. The van der Waals surface area contributed by atoms with Crippen molar-refractivity contribution in [2.45, 2.75) is 38.2 Å². The molecular formula is C15H21BrO4. The normalized spacial score (nSPS) is 12.9. The van der Waals surface area contributed by atoms with Crippen molar-refractivity contribution >= 4 is 21.9 Å². The summed E-state index contributed by atoms with van der Waals surface area (Å²) in [6.45, 7) is 4.02. The van der Waals surface area contributed by atoms with Gasteiger partial charge in [0.25, 0.3) is 0 Å². The molecule has 20 heavy (non-hydrogen) atoms. The fourth-order valence-electron chi connectivity index (χ4n) is 2.26. The third kappa shape index (κ3) is 4.49. The fraction of sp³-hybridized carbons (Fsp3) is 0.533. The fourth-order valence-corrected chi connectivity index (χ4v) is 2.62. The van der Waals surface area contributed by atoms with Gasteiger partial charge in [0.1, 0.15) is 5.75 Å². The highest BCUT2D eigenvalue weighted by molar-refractivity contribution is 9.10. The molecule has 1 atom stereocenters. The Labute approximate surface area is 128 Å². The van der Waals surface area contributed by atoms with Crippen molar-refractivity contribution in [1.29, 1.82) is 0 Å². The lowest BCUT2D eigenvalue weighted by Crippen LogP contribution is -2.27. The summed E-state index contributed by atoms with van der Waals surface area (Å²) in [5.74, 6) is 0.359. The highest BCUT2D eigenvalue weighted by atomic mass is 79.9. The third-order valence-corrected chi connectivity index (χ3v) is 3.76. The first-order valence-electron chi connectivity index (χ1n) is 6.39. The van der Waals surface area contributed by atoms with E-state index in [0.717, 1.165) is 15.8 Å². The molecule has 0 unspecified atom stereocenters. The maximum Gasteiger partial charge on any atom is 0.308 e. The second kappa shape index (κ2) is 7.09. The Morgan fingerprint density at radius 3 is 2.60 bits per heavy atom. The van der Waals surface area contributed by atoms with Crippen molar-refractivity contribution in [2.75, 3.05) is 14.2 Å². The van der Waals surface area contributed by atoms with Crippen LogP contribution < -0.4 is 4.74 Å². The van der Waals surface area contributed by atoms with Gasteiger partial charge in [-0.1, -0.05) is 29.8 Å². The van der Waals surface area contributed by atoms with Crippen molar-refractivity contribution in [3.05, 3.63) is 28.2 Å².